The highest BCUT2D eigenvalue weighted by Crippen LogP contribution is 2.35. The molecule has 1 heterocycles. The number of hydrogen-bond donors (Lipinski definition) is 4. The molecule has 3 aromatic rings. The van der Waals surface area contributed by atoms with Gasteiger partial charge in [0, 0.05) is 17.4 Å². The third-order valence-corrected chi connectivity index (χ3v) is 9.31. The van der Waals surface area contributed by atoms with Crippen molar-refractivity contribution in [1.82, 2.24) is 15.4 Å². The van der Waals surface area contributed by atoms with E-state index >= 15 is 0 Å². The Morgan fingerprint density at radius 1 is 1.07 bits per heavy atom. The number of rotatable bonds is 13. The van der Waals surface area contributed by atoms with E-state index in [0.717, 1.165) is 5.56 Å². The molecule has 244 valence electrons. The quantitative estimate of drug-likeness (QED) is 0.151. The summed E-state index contributed by atoms with van der Waals surface area (Å²) in [7, 11) is -2.68. The van der Waals surface area contributed by atoms with Gasteiger partial charge in [0.25, 0.3) is 0 Å². The number of phenols is 1. The number of esters is 1. The molecule has 0 bridgehead atoms. The molecule has 0 saturated carbocycles. The van der Waals surface area contributed by atoms with Crippen LogP contribution in [0.2, 0.25) is 0 Å². The molecule has 46 heavy (non-hydrogen) atoms. The molecule has 3 amide bonds. The summed E-state index contributed by atoms with van der Waals surface area (Å²) in [6.45, 7) is 0.219. The zero-order valence-corrected chi connectivity index (χ0v) is 27.1. The highest BCUT2D eigenvalue weighted by Gasteiger charge is 2.39. The largest absolute Gasteiger partial charge is 0.507 e. The average Bonchev–Trinajstić information content (AvgIpc) is 3.30. The first-order valence-electron chi connectivity index (χ1n) is 14.1. The molecular weight excluding hydrogens is 686 g/mol. The zero-order chi connectivity index (χ0) is 33.3. The topological polar surface area (TPSA) is 186 Å². The lowest BCUT2D eigenvalue weighted by Crippen LogP contribution is -2.48. The number of benzene rings is 3. The molecule has 3 aromatic carbocycles. The van der Waals surface area contributed by atoms with Gasteiger partial charge in [0.1, 0.15) is 35.0 Å². The van der Waals surface area contributed by atoms with E-state index in [9.17, 15) is 32.7 Å². The molecule has 1 aliphatic rings. The van der Waals surface area contributed by atoms with Crippen LogP contribution in [0.15, 0.2) is 71.2 Å². The number of hydrogen-bond acceptors (Lipinski definition) is 10. The van der Waals surface area contributed by atoms with Crippen LogP contribution < -0.4 is 20.1 Å². The van der Waals surface area contributed by atoms with Gasteiger partial charge in [-0.05, 0) is 41.3 Å². The van der Waals surface area contributed by atoms with Crippen LogP contribution in [0.4, 0.5) is 4.79 Å². The van der Waals surface area contributed by atoms with Crippen LogP contribution in [0.1, 0.15) is 45.1 Å². The van der Waals surface area contributed by atoms with Crippen LogP contribution in [-0.2, 0) is 42.1 Å². The maximum Gasteiger partial charge on any atom is 0.408 e. The van der Waals surface area contributed by atoms with E-state index in [4.69, 9.17) is 14.2 Å². The molecular formula is C31H32BrN3O10S. The van der Waals surface area contributed by atoms with Gasteiger partial charge in [-0.25, -0.2) is 18.0 Å². The Morgan fingerprint density at radius 3 is 2.50 bits per heavy atom. The molecule has 1 saturated heterocycles. The Kier molecular flexibility index (Phi) is 11.6. The Hall–Kier alpha value is -4.63. The summed E-state index contributed by atoms with van der Waals surface area (Å²) in [5.74, 6) is -2.03. The number of alkyl carbamates (subject to hydrolysis) is 1. The molecule has 0 aromatic heterocycles. The number of halogens is 1. The fourth-order valence-corrected chi connectivity index (χ4v) is 6.98. The Labute approximate surface area is 273 Å². The van der Waals surface area contributed by atoms with Gasteiger partial charge in [0.05, 0.1) is 20.1 Å². The summed E-state index contributed by atoms with van der Waals surface area (Å²) < 4.78 is 42.8. The maximum absolute atomic E-state index is 13.2. The number of amides is 3. The van der Waals surface area contributed by atoms with Gasteiger partial charge in [-0.1, -0.05) is 64.5 Å². The molecule has 1 aliphatic heterocycles. The molecule has 0 aliphatic carbocycles. The molecule has 0 radical (unpaired) electrons. The molecule has 13 nitrogen and oxygen atoms in total. The molecule has 2 atom stereocenters. The number of sulfonamides is 1. The smallest absolute Gasteiger partial charge is 0.408 e. The van der Waals surface area contributed by atoms with E-state index in [1.807, 2.05) is 10.8 Å². The summed E-state index contributed by atoms with van der Waals surface area (Å²) in [6, 6.07) is 17.1. The molecule has 15 heteroatoms. The lowest BCUT2D eigenvalue weighted by Gasteiger charge is -2.20. The second-order valence-electron chi connectivity index (χ2n) is 10.2. The third-order valence-electron chi connectivity index (χ3n) is 6.95. The van der Waals surface area contributed by atoms with E-state index < -0.39 is 45.2 Å². The molecule has 0 spiro atoms. The molecule has 1 unspecified atom stereocenters. The van der Waals surface area contributed by atoms with E-state index in [-0.39, 0.29) is 49.7 Å². The Bertz CT molecular complexity index is 1700. The molecule has 1 fully saturated rings. The van der Waals surface area contributed by atoms with Gasteiger partial charge in [-0.3, -0.25) is 14.3 Å². The van der Waals surface area contributed by atoms with Crippen molar-refractivity contribution < 1.29 is 46.9 Å². The van der Waals surface area contributed by atoms with Crippen LogP contribution >= 0.6 is 15.9 Å². The predicted octanol–water partition coefficient (Wildman–Crippen LogP) is 3.25. The van der Waals surface area contributed by atoms with E-state index in [0.29, 0.717) is 22.0 Å². The fraction of sp³-hybridized carbons (Fsp3) is 0.290. The predicted molar refractivity (Wildman–Crippen MR) is 168 cm³/mol. The minimum Gasteiger partial charge on any atom is -0.507 e. The summed E-state index contributed by atoms with van der Waals surface area (Å²) >= 11 is 3.38. The van der Waals surface area contributed by atoms with Crippen LogP contribution in [0.3, 0.4) is 0 Å². The van der Waals surface area contributed by atoms with Crippen molar-refractivity contribution in [3.05, 3.63) is 93.5 Å². The van der Waals surface area contributed by atoms with Gasteiger partial charge < -0.3 is 30.0 Å². The van der Waals surface area contributed by atoms with Crippen molar-refractivity contribution in [1.29, 1.82) is 0 Å². The summed E-state index contributed by atoms with van der Waals surface area (Å²) in [6.07, 6.45) is -0.680. The molecule has 4 N–H and O–H groups in total. The lowest BCUT2D eigenvalue weighted by atomic mass is 10.0. The second-order valence-corrected chi connectivity index (χ2v) is 12.9. The minimum absolute atomic E-state index is 0.0101. The van der Waals surface area contributed by atoms with E-state index in [2.05, 4.69) is 26.6 Å². The van der Waals surface area contributed by atoms with Gasteiger partial charge >= 0.3 is 12.1 Å². The van der Waals surface area contributed by atoms with Gasteiger partial charge in [-0.2, -0.15) is 0 Å². The minimum atomic E-state index is -3.86. The first kappa shape index (κ1) is 34.2. The van der Waals surface area contributed by atoms with Crippen molar-refractivity contribution in [2.45, 2.75) is 37.2 Å². The normalized spacial score (nSPS) is 15.7. The van der Waals surface area contributed by atoms with Gasteiger partial charge in [0.2, 0.25) is 21.8 Å². The monoisotopic (exact) mass is 717 g/mol. The highest BCUT2D eigenvalue weighted by molar-refractivity contribution is 9.10. The van der Waals surface area contributed by atoms with Crippen LogP contribution in [-0.4, -0.2) is 63.7 Å². The zero-order valence-electron chi connectivity index (χ0n) is 24.7. The highest BCUT2D eigenvalue weighted by atomic mass is 79.9. The van der Waals surface area contributed by atoms with Crippen molar-refractivity contribution >= 4 is 49.8 Å². The number of aromatic hydroxyl groups is 1. The van der Waals surface area contributed by atoms with Gasteiger partial charge in [0.15, 0.2) is 0 Å². The maximum atomic E-state index is 13.2. The molecule has 4 rings (SSSR count). The van der Waals surface area contributed by atoms with Gasteiger partial charge in [-0.15, -0.1) is 0 Å². The first-order valence-corrected chi connectivity index (χ1v) is 16.4. The van der Waals surface area contributed by atoms with Crippen molar-refractivity contribution in [3.8, 4) is 11.5 Å². The Morgan fingerprint density at radius 2 is 1.83 bits per heavy atom. The first-order chi connectivity index (χ1) is 22.0. The number of carbonyl (C=O) groups excluding carboxylic acids is 4. The summed E-state index contributed by atoms with van der Waals surface area (Å²) in [5.41, 5.74) is 1.63. The van der Waals surface area contributed by atoms with Crippen molar-refractivity contribution in [2.75, 3.05) is 20.3 Å². The van der Waals surface area contributed by atoms with E-state index in [1.54, 1.807) is 42.5 Å². The number of nitrogens with one attached hydrogen (secondary N) is 3. The number of phenolic OH excluding ortho intramolecular Hbond substituents is 1. The summed E-state index contributed by atoms with van der Waals surface area (Å²) in [5, 5.41) is 14.3. The Balaban J connectivity index is 1.40. The number of methoxy groups -OCH3 is 1. The summed E-state index contributed by atoms with van der Waals surface area (Å²) in [4.78, 5) is 49.7. The van der Waals surface area contributed by atoms with Crippen LogP contribution in [0.5, 0.6) is 11.5 Å². The average molecular weight is 719 g/mol. The van der Waals surface area contributed by atoms with E-state index in [1.165, 1.54) is 25.3 Å². The lowest BCUT2D eigenvalue weighted by molar-refractivity contribution is -0.123. The standard InChI is InChI=1S/C31H32BrN3O10S/c1-43-30(39)28-24(36)9-5-10-25(28)44-14-6-13-33-29(38)23(34-31(40)45-18-19-7-3-2-4-8-19)16-20-11-12-21(22(32)15-20)26-17-27(37)35-46(26,41)42/h2-5,7-12,15,23,26,36H,6,13-14,16-18H2,1H3,(H,33,38)(H,34,40)(H,35,37)/t23-,26?/m0/s1. The number of carbonyl (C=O) groups is 4. The third kappa shape index (κ3) is 8.97. The van der Waals surface area contributed by atoms with Crippen molar-refractivity contribution in [2.24, 2.45) is 0 Å². The SMILES string of the molecule is COC(=O)c1c(O)cccc1OCCCNC(=O)[C@H](Cc1ccc(C2CC(=O)NS2(=O)=O)c(Br)c1)NC(=O)OCc1ccccc1. The number of ether oxygens (including phenoxy) is 3. The van der Waals surface area contributed by atoms with Crippen molar-refractivity contribution in [3.63, 3.8) is 0 Å². The fourth-order valence-electron chi connectivity index (χ4n) is 4.67. The second kappa shape index (κ2) is 15.6. The van der Waals surface area contributed by atoms with Crippen LogP contribution in [0.25, 0.3) is 0 Å². The van der Waals surface area contributed by atoms with Crippen LogP contribution in [0, 0.1) is 0 Å².